The van der Waals surface area contributed by atoms with Gasteiger partial charge in [0.25, 0.3) is 0 Å². The number of nitrogens with one attached hydrogen (secondary N) is 1. The first kappa shape index (κ1) is 13.7. The molecule has 2 N–H and O–H groups in total. The van der Waals surface area contributed by atoms with Gasteiger partial charge < -0.3 is 10.4 Å². The maximum absolute atomic E-state index is 12.9. The van der Waals surface area contributed by atoms with Crippen molar-refractivity contribution in [2.24, 2.45) is 0 Å². The first-order valence-electron chi connectivity index (χ1n) is 5.86. The lowest BCUT2D eigenvalue weighted by atomic mass is 10.3. The van der Waals surface area contributed by atoms with Crippen molar-refractivity contribution >= 4 is 17.6 Å². The summed E-state index contributed by atoms with van der Waals surface area (Å²) >= 11 is 0. The average molecular weight is 277 g/mol. The van der Waals surface area contributed by atoms with Crippen LogP contribution in [0.2, 0.25) is 0 Å². The van der Waals surface area contributed by atoms with E-state index in [4.69, 9.17) is 5.11 Å². The number of carbonyl (C=O) groups is 2. The van der Waals surface area contributed by atoms with E-state index < -0.39 is 11.8 Å². The molecule has 1 amide bonds. The highest BCUT2D eigenvalue weighted by atomic mass is 19.1. The van der Waals surface area contributed by atoms with Crippen LogP contribution in [0.3, 0.4) is 0 Å². The minimum absolute atomic E-state index is 0.0653. The van der Waals surface area contributed by atoms with E-state index >= 15 is 0 Å². The topological polar surface area (TPSA) is 84.2 Å². The first-order valence-corrected chi connectivity index (χ1v) is 5.86. The van der Waals surface area contributed by atoms with Crippen molar-refractivity contribution in [2.45, 2.75) is 13.0 Å². The number of nitrogens with zero attached hydrogens (tertiary/aromatic N) is 2. The maximum Gasteiger partial charge on any atom is 0.338 e. The largest absolute Gasteiger partial charge is 0.478 e. The summed E-state index contributed by atoms with van der Waals surface area (Å²) in [6, 6.07) is 5.58. The SMILES string of the molecule is O=C(CCn1cc(C(=O)O)cn1)Nc1cccc(F)c1. The van der Waals surface area contributed by atoms with E-state index in [9.17, 15) is 14.0 Å². The van der Waals surface area contributed by atoms with Gasteiger partial charge in [-0.25, -0.2) is 9.18 Å². The highest BCUT2D eigenvalue weighted by Gasteiger charge is 2.08. The zero-order valence-electron chi connectivity index (χ0n) is 10.4. The molecule has 0 bridgehead atoms. The summed E-state index contributed by atoms with van der Waals surface area (Å²) in [5.41, 5.74) is 0.442. The number of rotatable bonds is 5. The third kappa shape index (κ3) is 3.64. The standard InChI is InChI=1S/C13H12FN3O3/c14-10-2-1-3-11(6-10)16-12(18)4-5-17-8-9(7-15-17)13(19)20/h1-3,6-8H,4-5H2,(H,16,18)(H,19,20). The second-order valence-electron chi connectivity index (χ2n) is 4.11. The summed E-state index contributed by atoms with van der Waals surface area (Å²) < 4.78 is 14.3. The molecule has 0 aliphatic heterocycles. The third-order valence-corrected chi connectivity index (χ3v) is 2.56. The van der Waals surface area contributed by atoms with E-state index in [1.165, 1.54) is 35.3 Å². The van der Waals surface area contributed by atoms with E-state index in [-0.39, 0.29) is 24.4 Å². The molecule has 6 nitrogen and oxygen atoms in total. The molecule has 0 atom stereocenters. The molecule has 2 rings (SSSR count). The number of aryl methyl sites for hydroxylation is 1. The van der Waals surface area contributed by atoms with Crippen molar-refractivity contribution in [3.05, 3.63) is 48.0 Å². The van der Waals surface area contributed by atoms with E-state index in [2.05, 4.69) is 10.4 Å². The Bertz CT molecular complexity index is 639. The van der Waals surface area contributed by atoms with Crippen LogP contribution in [0.25, 0.3) is 0 Å². The number of aromatic carboxylic acids is 1. The van der Waals surface area contributed by atoms with Gasteiger partial charge >= 0.3 is 5.97 Å². The molecule has 0 fully saturated rings. The molecule has 0 aliphatic rings. The van der Waals surface area contributed by atoms with Crippen molar-refractivity contribution in [1.82, 2.24) is 9.78 Å². The Balaban J connectivity index is 1.87. The monoisotopic (exact) mass is 277 g/mol. The molecule has 0 radical (unpaired) electrons. The zero-order valence-corrected chi connectivity index (χ0v) is 10.4. The Hall–Kier alpha value is -2.70. The minimum atomic E-state index is -1.07. The van der Waals surface area contributed by atoms with Crippen molar-refractivity contribution in [1.29, 1.82) is 0 Å². The van der Waals surface area contributed by atoms with Crippen LogP contribution in [0.4, 0.5) is 10.1 Å². The fourth-order valence-electron chi connectivity index (χ4n) is 1.60. The Kier molecular flexibility index (Phi) is 4.09. The molecule has 104 valence electrons. The molecule has 0 saturated heterocycles. The van der Waals surface area contributed by atoms with Crippen LogP contribution in [-0.2, 0) is 11.3 Å². The lowest BCUT2D eigenvalue weighted by molar-refractivity contribution is -0.116. The number of aromatic nitrogens is 2. The van der Waals surface area contributed by atoms with Gasteiger partial charge in [-0.3, -0.25) is 9.48 Å². The van der Waals surface area contributed by atoms with Gasteiger partial charge in [0.1, 0.15) is 5.82 Å². The van der Waals surface area contributed by atoms with Gasteiger partial charge in [0.15, 0.2) is 0 Å². The third-order valence-electron chi connectivity index (χ3n) is 2.56. The number of anilines is 1. The highest BCUT2D eigenvalue weighted by Crippen LogP contribution is 2.09. The number of benzene rings is 1. The molecular weight excluding hydrogens is 265 g/mol. The molecule has 2 aromatic rings. The summed E-state index contributed by atoms with van der Waals surface area (Å²) in [4.78, 5) is 22.3. The summed E-state index contributed by atoms with van der Waals surface area (Å²) in [5, 5.41) is 15.1. The Morgan fingerprint density at radius 2 is 2.20 bits per heavy atom. The highest BCUT2D eigenvalue weighted by molar-refractivity contribution is 5.90. The van der Waals surface area contributed by atoms with Crippen molar-refractivity contribution in [3.8, 4) is 0 Å². The van der Waals surface area contributed by atoms with Crippen LogP contribution in [0.5, 0.6) is 0 Å². The number of carboxylic acids is 1. The van der Waals surface area contributed by atoms with Crippen LogP contribution in [0.15, 0.2) is 36.7 Å². The summed E-state index contributed by atoms with van der Waals surface area (Å²) in [5.74, 6) is -1.80. The van der Waals surface area contributed by atoms with Gasteiger partial charge in [0.2, 0.25) is 5.91 Å². The molecule has 1 aromatic carbocycles. The van der Waals surface area contributed by atoms with E-state index in [0.717, 1.165) is 0 Å². The van der Waals surface area contributed by atoms with Crippen LogP contribution >= 0.6 is 0 Å². The lowest BCUT2D eigenvalue weighted by Gasteiger charge is -2.05. The number of carboxylic acid groups (broad SMARTS) is 1. The van der Waals surface area contributed by atoms with Crippen molar-refractivity contribution < 1.29 is 19.1 Å². The normalized spacial score (nSPS) is 10.2. The van der Waals surface area contributed by atoms with E-state index in [0.29, 0.717) is 5.69 Å². The average Bonchev–Trinajstić information content (AvgIpc) is 2.85. The van der Waals surface area contributed by atoms with Gasteiger partial charge in [-0.05, 0) is 18.2 Å². The molecular formula is C13H12FN3O3. The smallest absolute Gasteiger partial charge is 0.338 e. The quantitative estimate of drug-likeness (QED) is 0.872. The number of hydrogen-bond donors (Lipinski definition) is 2. The molecule has 20 heavy (non-hydrogen) atoms. The molecule has 1 heterocycles. The summed E-state index contributed by atoms with van der Waals surface area (Å²) in [7, 11) is 0. The van der Waals surface area contributed by atoms with Gasteiger partial charge in [0.05, 0.1) is 11.8 Å². The lowest BCUT2D eigenvalue weighted by Crippen LogP contribution is -2.14. The fourth-order valence-corrected chi connectivity index (χ4v) is 1.60. The van der Waals surface area contributed by atoms with Crippen LogP contribution in [0.1, 0.15) is 16.8 Å². The molecule has 0 aliphatic carbocycles. The number of hydrogen-bond acceptors (Lipinski definition) is 3. The van der Waals surface area contributed by atoms with E-state index in [1.54, 1.807) is 6.07 Å². The van der Waals surface area contributed by atoms with Crippen LogP contribution in [0, 0.1) is 5.82 Å². The Morgan fingerprint density at radius 3 is 2.85 bits per heavy atom. The second-order valence-corrected chi connectivity index (χ2v) is 4.11. The van der Waals surface area contributed by atoms with Gasteiger partial charge in [0, 0.05) is 24.8 Å². The fraction of sp³-hybridized carbons (Fsp3) is 0.154. The molecule has 7 heteroatoms. The van der Waals surface area contributed by atoms with Gasteiger partial charge in [-0.2, -0.15) is 5.10 Å². The molecule has 0 unspecified atom stereocenters. The molecule has 1 aromatic heterocycles. The van der Waals surface area contributed by atoms with Crippen molar-refractivity contribution in [2.75, 3.05) is 5.32 Å². The number of halogens is 1. The minimum Gasteiger partial charge on any atom is -0.478 e. The number of carbonyl (C=O) groups excluding carboxylic acids is 1. The summed E-state index contributed by atoms with van der Waals surface area (Å²) in [6.45, 7) is 0.244. The van der Waals surface area contributed by atoms with Crippen LogP contribution in [-0.4, -0.2) is 26.8 Å². The predicted molar refractivity (Wildman–Crippen MR) is 68.8 cm³/mol. The number of amides is 1. The first-order chi connectivity index (χ1) is 9.54. The van der Waals surface area contributed by atoms with Crippen molar-refractivity contribution in [3.63, 3.8) is 0 Å². The maximum atomic E-state index is 12.9. The van der Waals surface area contributed by atoms with E-state index in [1.807, 2.05) is 0 Å². The Labute approximate surface area is 113 Å². The van der Waals surface area contributed by atoms with Gasteiger partial charge in [-0.1, -0.05) is 6.07 Å². The Morgan fingerprint density at radius 1 is 1.40 bits per heavy atom. The second kappa shape index (κ2) is 5.96. The summed E-state index contributed by atoms with van der Waals surface area (Å²) in [6.07, 6.45) is 2.67. The zero-order chi connectivity index (χ0) is 14.5. The molecule has 0 saturated carbocycles. The van der Waals surface area contributed by atoms with Gasteiger partial charge in [-0.15, -0.1) is 0 Å². The van der Waals surface area contributed by atoms with Crippen LogP contribution < -0.4 is 5.32 Å². The predicted octanol–water partition coefficient (Wildman–Crippen LogP) is 1.75. The molecule has 0 spiro atoms.